The Morgan fingerprint density at radius 3 is 2.48 bits per heavy atom. The molecular weight excluding hydrogens is 338 g/mol. The smallest absolute Gasteiger partial charge is 0.274 e. The number of hydrogen-bond donors (Lipinski definition) is 0. The quantitative estimate of drug-likeness (QED) is 0.815. The highest BCUT2D eigenvalue weighted by Crippen LogP contribution is 2.38. The molecule has 2 atom stereocenters. The predicted octanol–water partition coefficient (Wildman–Crippen LogP) is 3.73. The van der Waals surface area contributed by atoms with E-state index in [4.69, 9.17) is 9.72 Å². The SMILES string of the molecule is O=C(c1nc(-c2ccccc2)n2c1COCC2)N1CCC2CCCC2CC1. The van der Waals surface area contributed by atoms with Gasteiger partial charge in [-0.05, 0) is 24.7 Å². The van der Waals surface area contributed by atoms with E-state index >= 15 is 0 Å². The van der Waals surface area contributed by atoms with Crippen LogP contribution in [0.1, 0.15) is 48.3 Å². The zero-order valence-electron chi connectivity index (χ0n) is 15.8. The summed E-state index contributed by atoms with van der Waals surface area (Å²) in [6.07, 6.45) is 6.36. The van der Waals surface area contributed by atoms with Crippen LogP contribution < -0.4 is 0 Å². The highest BCUT2D eigenvalue weighted by Gasteiger charge is 2.34. The molecule has 1 aromatic carbocycles. The predicted molar refractivity (Wildman–Crippen MR) is 103 cm³/mol. The maximum absolute atomic E-state index is 13.4. The Hall–Kier alpha value is -2.14. The van der Waals surface area contributed by atoms with Crippen molar-refractivity contribution in [3.05, 3.63) is 41.7 Å². The number of benzene rings is 1. The number of amides is 1. The van der Waals surface area contributed by atoms with Crippen LogP contribution in [0.3, 0.4) is 0 Å². The number of imidazole rings is 1. The number of aromatic nitrogens is 2. The fourth-order valence-corrected chi connectivity index (χ4v) is 5.16. The molecule has 5 nitrogen and oxygen atoms in total. The van der Waals surface area contributed by atoms with Crippen LogP contribution in [0.15, 0.2) is 30.3 Å². The standard InChI is InChI=1S/C22H27N3O2/c26-22(24-11-9-16-7-4-8-17(16)10-12-24)20-19-15-27-14-13-25(19)21(23-20)18-5-2-1-3-6-18/h1-3,5-6,16-17H,4,7-15H2. The van der Waals surface area contributed by atoms with E-state index in [0.717, 1.165) is 61.4 Å². The van der Waals surface area contributed by atoms with Crippen LogP contribution >= 0.6 is 0 Å². The molecule has 3 heterocycles. The van der Waals surface area contributed by atoms with Crippen molar-refractivity contribution >= 4 is 5.91 Å². The zero-order chi connectivity index (χ0) is 18.2. The van der Waals surface area contributed by atoms with Gasteiger partial charge in [-0.1, -0.05) is 49.6 Å². The summed E-state index contributed by atoms with van der Waals surface area (Å²) in [5.41, 5.74) is 2.60. The lowest BCUT2D eigenvalue weighted by molar-refractivity contribution is 0.0710. The Bertz CT molecular complexity index is 816. The maximum atomic E-state index is 13.4. The van der Waals surface area contributed by atoms with Gasteiger partial charge in [0.05, 0.1) is 18.9 Å². The molecule has 0 bridgehead atoms. The number of carbonyl (C=O) groups is 1. The van der Waals surface area contributed by atoms with Crippen LogP contribution in [-0.2, 0) is 17.9 Å². The Kier molecular flexibility index (Phi) is 4.48. The fraction of sp³-hybridized carbons (Fsp3) is 0.545. The van der Waals surface area contributed by atoms with Crippen molar-refractivity contribution in [3.63, 3.8) is 0 Å². The molecule has 0 spiro atoms. The Balaban J connectivity index is 1.46. The van der Waals surface area contributed by atoms with Gasteiger partial charge in [-0.2, -0.15) is 0 Å². The average Bonchev–Trinajstić information content (AvgIpc) is 3.28. The van der Waals surface area contributed by atoms with Gasteiger partial charge in [-0.25, -0.2) is 4.98 Å². The molecule has 1 amide bonds. The van der Waals surface area contributed by atoms with E-state index in [2.05, 4.69) is 16.7 Å². The van der Waals surface area contributed by atoms with E-state index in [9.17, 15) is 4.79 Å². The molecule has 1 aliphatic carbocycles. The molecule has 0 radical (unpaired) electrons. The molecular formula is C22H27N3O2. The Labute approximate surface area is 160 Å². The topological polar surface area (TPSA) is 47.4 Å². The van der Waals surface area contributed by atoms with E-state index in [0.29, 0.717) is 18.9 Å². The number of nitrogens with zero attached hydrogens (tertiary/aromatic N) is 3. The lowest BCUT2D eigenvalue weighted by Gasteiger charge is -2.22. The van der Waals surface area contributed by atoms with Gasteiger partial charge in [0.15, 0.2) is 5.69 Å². The molecule has 2 unspecified atom stereocenters. The van der Waals surface area contributed by atoms with Gasteiger partial charge in [0, 0.05) is 25.2 Å². The average molecular weight is 365 g/mol. The normalized spacial score (nSPS) is 25.0. The largest absolute Gasteiger partial charge is 0.373 e. The van der Waals surface area contributed by atoms with Gasteiger partial charge in [0.1, 0.15) is 5.82 Å². The summed E-state index contributed by atoms with van der Waals surface area (Å²) in [6.45, 7) is 3.63. The third-order valence-corrected chi connectivity index (χ3v) is 6.65. The number of fused-ring (bicyclic) bond motifs is 2. The minimum Gasteiger partial charge on any atom is -0.373 e. The third kappa shape index (κ3) is 3.08. The van der Waals surface area contributed by atoms with Gasteiger partial charge < -0.3 is 14.2 Å². The summed E-state index contributed by atoms with van der Waals surface area (Å²) in [4.78, 5) is 20.3. The van der Waals surface area contributed by atoms with E-state index in [-0.39, 0.29) is 5.91 Å². The summed E-state index contributed by atoms with van der Waals surface area (Å²) in [6, 6.07) is 10.2. The lowest BCUT2D eigenvalue weighted by Crippen LogP contribution is -2.33. The second kappa shape index (κ2) is 7.12. The number of carbonyl (C=O) groups excluding carboxylic acids is 1. The monoisotopic (exact) mass is 365 g/mol. The van der Waals surface area contributed by atoms with Crippen molar-refractivity contribution in [2.45, 2.75) is 45.3 Å². The first-order valence-corrected chi connectivity index (χ1v) is 10.3. The molecule has 1 aromatic heterocycles. The summed E-state index contributed by atoms with van der Waals surface area (Å²) in [7, 11) is 0. The first-order valence-electron chi connectivity index (χ1n) is 10.3. The van der Waals surface area contributed by atoms with E-state index < -0.39 is 0 Å². The number of ether oxygens (including phenoxy) is 1. The van der Waals surface area contributed by atoms with Crippen LogP contribution in [0.25, 0.3) is 11.4 Å². The van der Waals surface area contributed by atoms with Crippen LogP contribution in [0.2, 0.25) is 0 Å². The molecule has 5 rings (SSSR count). The van der Waals surface area contributed by atoms with E-state index in [1.807, 2.05) is 23.1 Å². The van der Waals surface area contributed by atoms with Gasteiger partial charge >= 0.3 is 0 Å². The van der Waals surface area contributed by atoms with Crippen molar-refractivity contribution in [2.75, 3.05) is 19.7 Å². The molecule has 1 saturated heterocycles. The number of rotatable bonds is 2. The number of likely N-dealkylation sites (tertiary alicyclic amines) is 1. The van der Waals surface area contributed by atoms with Gasteiger partial charge in [-0.15, -0.1) is 0 Å². The minimum atomic E-state index is 0.0893. The second-order valence-electron chi connectivity index (χ2n) is 8.12. The lowest BCUT2D eigenvalue weighted by atomic mass is 9.92. The number of hydrogen-bond acceptors (Lipinski definition) is 3. The summed E-state index contributed by atoms with van der Waals surface area (Å²) >= 11 is 0. The molecule has 2 aliphatic heterocycles. The Morgan fingerprint density at radius 2 is 1.74 bits per heavy atom. The molecule has 142 valence electrons. The third-order valence-electron chi connectivity index (χ3n) is 6.65. The second-order valence-corrected chi connectivity index (χ2v) is 8.12. The van der Waals surface area contributed by atoms with Gasteiger partial charge in [0.25, 0.3) is 5.91 Å². The summed E-state index contributed by atoms with van der Waals surface area (Å²) in [5.74, 6) is 2.62. The molecule has 3 aliphatic rings. The molecule has 27 heavy (non-hydrogen) atoms. The molecule has 5 heteroatoms. The Morgan fingerprint density at radius 1 is 1.00 bits per heavy atom. The minimum absolute atomic E-state index is 0.0893. The van der Waals surface area contributed by atoms with Crippen LogP contribution in [0.5, 0.6) is 0 Å². The van der Waals surface area contributed by atoms with Crippen molar-refractivity contribution in [1.29, 1.82) is 0 Å². The van der Waals surface area contributed by atoms with Crippen LogP contribution in [0, 0.1) is 11.8 Å². The fourth-order valence-electron chi connectivity index (χ4n) is 5.16. The van der Waals surface area contributed by atoms with Crippen molar-refractivity contribution in [2.24, 2.45) is 11.8 Å². The van der Waals surface area contributed by atoms with Crippen molar-refractivity contribution in [1.82, 2.24) is 14.5 Å². The summed E-state index contributed by atoms with van der Waals surface area (Å²) in [5, 5.41) is 0. The van der Waals surface area contributed by atoms with Crippen molar-refractivity contribution < 1.29 is 9.53 Å². The maximum Gasteiger partial charge on any atom is 0.274 e. The molecule has 0 N–H and O–H groups in total. The van der Waals surface area contributed by atoms with E-state index in [1.54, 1.807) is 0 Å². The van der Waals surface area contributed by atoms with Crippen molar-refractivity contribution in [3.8, 4) is 11.4 Å². The molecule has 2 fully saturated rings. The first-order chi connectivity index (χ1) is 13.3. The van der Waals surface area contributed by atoms with Gasteiger partial charge in [0.2, 0.25) is 0 Å². The zero-order valence-corrected chi connectivity index (χ0v) is 15.8. The van der Waals surface area contributed by atoms with Crippen LogP contribution in [0.4, 0.5) is 0 Å². The molecule has 1 saturated carbocycles. The molecule has 2 aromatic rings. The first kappa shape index (κ1) is 17.0. The highest BCUT2D eigenvalue weighted by atomic mass is 16.5. The van der Waals surface area contributed by atoms with Crippen LogP contribution in [-0.4, -0.2) is 40.1 Å². The highest BCUT2D eigenvalue weighted by molar-refractivity contribution is 5.94. The summed E-state index contributed by atoms with van der Waals surface area (Å²) < 4.78 is 7.86. The van der Waals surface area contributed by atoms with Gasteiger partial charge in [-0.3, -0.25) is 4.79 Å². The van der Waals surface area contributed by atoms with E-state index in [1.165, 1.54) is 19.3 Å².